The topological polar surface area (TPSA) is 17.1 Å². The van der Waals surface area contributed by atoms with Crippen molar-refractivity contribution in [2.24, 2.45) is 0 Å². The molecule has 0 heterocycles. The van der Waals surface area contributed by atoms with Gasteiger partial charge in [-0.25, -0.2) is 0 Å². The Hall–Kier alpha value is -0.760. The van der Waals surface area contributed by atoms with E-state index in [1.807, 2.05) is 43.0 Å². The summed E-state index contributed by atoms with van der Waals surface area (Å²) in [5.74, 6) is 0.925. The zero-order valence-corrected chi connectivity index (χ0v) is 10.6. The second-order valence-corrected chi connectivity index (χ2v) is 5.80. The zero-order valence-electron chi connectivity index (χ0n) is 9.74. The van der Waals surface area contributed by atoms with Gasteiger partial charge in [-0.15, -0.1) is 0 Å². The number of ketones is 1. The first-order valence-electron chi connectivity index (χ1n) is 5.97. The average Bonchev–Trinajstić information content (AvgIpc) is 2.78. The van der Waals surface area contributed by atoms with Crippen molar-refractivity contribution in [1.29, 1.82) is 0 Å². The van der Waals surface area contributed by atoms with E-state index in [-0.39, 0.29) is 5.78 Å². The van der Waals surface area contributed by atoms with Gasteiger partial charge in [0.1, 0.15) is 0 Å². The van der Waals surface area contributed by atoms with Gasteiger partial charge in [-0.05, 0) is 25.8 Å². The van der Waals surface area contributed by atoms with E-state index in [9.17, 15) is 4.79 Å². The van der Waals surface area contributed by atoms with Gasteiger partial charge < -0.3 is 0 Å². The van der Waals surface area contributed by atoms with Crippen LogP contribution in [0.3, 0.4) is 0 Å². The predicted molar refractivity (Wildman–Crippen MR) is 70.2 cm³/mol. The summed E-state index contributed by atoms with van der Waals surface area (Å²) in [5.41, 5.74) is 2.03. The SMILES string of the molecule is Cc1cccc(C(=O)CSC2CCCC2)c1. The third-order valence-corrected chi connectivity index (χ3v) is 4.46. The quantitative estimate of drug-likeness (QED) is 0.736. The summed E-state index contributed by atoms with van der Waals surface area (Å²) < 4.78 is 0. The van der Waals surface area contributed by atoms with Crippen LogP contribution >= 0.6 is 11.8 Å². The molecule has 0 aromatic heterocycles. The Morgan fingerprint density at radius 3 is 2.81 bits per heavy atom. The lowest BCUT2D eigenvalue weighted by Crippen LogP contribution is -2.06. The average molecular weight is 234 g/mol. The number of carbonyl (C=O) groups is 1. The lowest BCUT2D eigenvalue weighted by molar-refractivity contribution is 0.102. The van der Waals surface area contributed by atoms with E-state index in [2.05, 4.69) is 0 Å². The number of benzene rings is 1. The van der Waals surface area contributed by atoms with Crippen LogP contribution in [0, 0.1) is 6.92 Å². The maximum absolute atomic E-state index is 11.9. The second-order valence-electron chi connectivity index (χ2n) is 4.51. The van der Waals surface area contributed by atoms with Gasteiger partial charge in [-0.1, -0.05) is 36.6 Å². The number of aryl methyl sites for hydroxylation is 1. The van der Waals surface area contributed by atoms with Crippen LogP contribution in [0.2, 0.25) is 0 Å². The van der Waals surface area contributed by atoms with Crippen LogP contribution in [0.25, 0.3) is 0 Å². The van der Waals surface area contributed by atoms with Crippen LogP contribution in [0.1, 0.15) is 41.6 Å². The molecule has 1 saturated carbocycles. The van der Waals surface area contributed by atoms with Crippen LogP contribution < -0.4 is 0 Å². The monoisotopic (exact) mass is 234 g/mol. The van der Waals surface area contributed by atoms with Crippen molar-refractivity contribution in [3.63, 3.8) is 0 Å². The highest BCUT2D eigenvalue weighted by molar-refractivity contribution is 8.00. The Morgan fingerprint density at radius 2 is 2.12 bits per heavy atom. The van der Waals surface area contributed by atoms with Crippen molar-refractivity contribution in [2.75, 3.05) is 5.75 Å². The van der Waals surface area contributed by atoms with Gasteiger partial charge in [-0.2, -0.15) is 11.8 Å². The lowest BCUT2D eigenvalue weighted by Gasteiger charge is -2.07. The fourth-order valence-electron chi connectivity index (χ4n) is 2.15. The van der Waals surface area contributed by atoms with Crippen molar-refractivity contribution in [3.8, 4) is 0 Å². The molecule has 0 unspecified atom stereocenters. The Labute approximate surface area is 102 Å². The van der Waals surface area contributed by atoms with Gasteiger partial charge in [0, 0.05) is 10.8 Å². The molecule has 1 nitrogen and oxygen atoms in total. The largest absolute Gasteiger partial charge is 0.293 e. The fourth-order valence-corrected chi connectivity index (χ4v) is 3.37. The van der Waals surface area contributed by atoms with E-state index in [1.54, 1.807) is 0 Å². The van der Waals surface area contributed by atoms with E-state index >= 15 is 0 Å². The first-order chi connectivity index (χ1) is 7.75. The first kappa shape index (κ1) is 11.7. The number of rotatable bonds is 4. The molecule has 0 spiro atoms. The minimum Gasteiger partial charge on any atom is -0.293 e. The number of hydrogen-bond acceptors (Lipinski definition) is 2. The van der Waals surface area contributed by atoms with Crippen LogP contribution in [0.4, 0.5) is 0 Å². The first-order valence-corrected chi connectivity index (χ1v) is 7.02. The molecule has 0 aliphatic heterocycles. The maximum Gasteiger partial charge on any atom is 0.172 e. The van der Waals surface area contributed by atoms with Crippen molar-refractivity contribution >= 4 is 17.5 Å². The summed E-state index contributed by atoms with van der Waals surface area (Å²) in [7, 11) is 0. The molecule has 0 bridgehead atoms. The molecule has 0 radical (unpaired) electrons. The Morgan fingerprint density at radius 1 is 1.38 bits per heavy atom. The minimum absolute atomic E-state index is 0.278. The standard InChI is InChI=1S/C14H18OS/c1-11-5-4-6-12(9-11)14(15)10-16-13-7-2-3-8-13/h4-6,9,13H,2-3,7-8,10H2,1H3. The molecule has 0 saturated heterocycles. The number of hydrogen-bond donors (Lipinski definition) is 0. The zero-order chi connectivity index (χ0) is 11.4. The molecular formula is C14H18OS. The smallest absolute Gasteiger partial charge is 0.172 e. The van der Waals surface area contributed by atoms with Crippen molar-refractivity contribution in [1.82, 2.24) is 0 Å². The summed E-state index contributed by atoms with van der Waals surface area (Å²) in [4.78, 5) is 11.9. The van der Waals surface area contributed by atoms with Gasteiger partial charge in [0.15, 0.2) is 5.78 Å². The van der Waals surface area contributed by atoms with Crippen LogP contribution in [-0.2, 0) is 0 Å². The van der Waals surface area contributed by atoms with Crippen molar-refractivity contribution < 1.29 is 4.79 Å². The maximum atomic E-state index is 11.9. The second kappa shape index (κ2) is 5.53. The third-order valence-electron chi connectivity index (χ3n) is 3.09. The van der Waals surface area contributed by atoms with Gasteiger partial charge in [0.2, 0.25) is 0 Å². The fraction of sp³-hybridized carbons (Fsp3) is 0.500. The molecule has 1 aliphatic rings. The van der Waals surface area contributed by atoms with Crippen LogP contribution in [0.5, 0.6) is 0 Å². The predicted octanol–water partition coefficient (Wildman–Crippen LogP) is 3.85. The van der Waals surface area contributed by atoms with E-state index in [1.165, 1.54) is 25.7 Å². The van der Waals surface area contributed by atoms with E-state index in [0.29, 0.717) is 5.75 Å². The molecular weight excluding hydrogens is 216 g/mol. The van der Waals surface area contributed by atoms with Crippen LogP contribution in [0.15, 0.2) is 24.3 Å². The molecule has 16 heavy (non-hydrogen) atoms. The van der Waals surface area contributed by atoms with Crippen LogP contribution in [-0.4, -0.2) is 16.8 Å². The summed E-state index contributed by atoms with van der Waals surface area (Å²) in [6.07, 6.45) is 5.28. The molecule has 1 aliphatic carbocycles. The molecule has 1 aromatic rings. The van der Waals surface area contributed by atoms with Crippen molar-refractivity contribution in [2.45, 2.75) is 37.9 Å². The van der Waals surface area contributed by atoms with Gasteiger partial charge in [0.25, 0.3) is 0 Å². The summed E-state index contributed by atoms with van der Waals surface area (Å²) in [5, 5.41) is 0.730. The van der Waals surface area contributed by atoms with Gasteiger partial charge in [-0.3, -0.25) is 4.79 Å². The summed E-state index contributed by atoms with van der Waals surface area (Å²) in [6, 6.07) is 7.89. The Bertz CT molecular complexity index is 367. The molecule has 0 N–H and O–H groups in total. The lowest BCUT2D eigenvalue weighted by atomic mass is 10.1. The Balaban J connectivity index is 1.87. The van der Waals surface area contributed by atoms with Gasteiger partial charge in [0.05, 0.1) is 5.75 Å². The number of thioether (sulfide) groups is 1. The summed E-state index contributed by atoms with van der Waals surface area (Å²) >= 11 is 1.84. The molecule has 86 valence electrons. The van der Waals surface area contributed by atoms with E-state index in [0.717, 1.165) is 16.4 Å². The number of carbonyl (C=O) groups excluding carboxylic acids is 1. The highest BCUT2D eigenvalue weighted by atomic mass is 32.2. The molecule has 0 amide bonds. The molecule has 1 aromatic carbocycles. The van der Waals surface area contributed by atoms with E-state index in [4.69, 9.17) is 0 Å². The summed E-state index contributed by atoms with van der Waals surface area (Å²) in [6.45, 7) is 2.03. The minimum atomic E-state index is 0.278. The molecule has 1 fully saturated rings. The highest BCUT2D eigenvalue weighted by Gasteiger charge is 2.17. The van der Waals surface area contributed by atoms with E-state index < -0.39 is 0 Å². The highest BCUT2D eigenvalue weighted by Crippen LogP contribution is 2.29. The van der Waals surface area contributed by atoms with Gasteiger partial charge >= 0.3 is 0 Å². The molecule has 2 heteroatoms. The molecule has 2 rings (SSSR count). The number of Topliss-reactive ketones (excluding diaryl/α,β-unsaturated/α-hetero) is 1. The molecule has 0 atom stereocenters. The van der Waals surface area contributed by atoms with Crippen molar-refractivity contribution in [3.05, 3.63) is 35.4 Å². The normalized spacial score (nSPS) is 16.6. The Kier molecular flexibility index (Phi) is 4.05. The third kappa shape index (κ3) is 3.11.